The highest BCUT2D eigenvalue weighted by Gasteiger charge is 2.28. The minimum atomic E-state index is -0.0963. The van der Waals surface area contributed by atoms with Gasteiger partial charge in [0.15, 0.2) is 5.65 Å². The first-order valence-electron chi connectivity index (χ1n) is 10.9. The molecule has 0 aliphatic carbocycles. The van der Waals surface area contributed by atoms with Gasteiger partial charge in [0, 0.05) is 43.3 Å². The molecule has 1 aliphatic rings. The highest BCUT2D eigenvalue weighted by atomic mass is 16.2. The van der Waals surface area contributed by atoms with Gasteiger partial charge in [-0.1, -0.05) is 42.5 Å². The molecule has 5 rings (SSSR count). The van der Waals surface area contributed by atoms with E-state index >= 15 is 0 Å². The van der Waals surface area contributed by atoms with E-state index in [2.05, 4.69) is 41.1 Å². The number of carbonyl (C=O) groups is 1. The van der Waals surface area contributed by atoms with Crippen LogP contribution in [0.15, 0.2) is 72.9 Å². The summed E-state index contributed by atoms with van der Waals surface area (Å²) in [5.41, 5.74) is 10.7. The van der Waals surface area contributed by atoms with Gasteiger partial charge in [-0.2, -0.15) is 0 Å². The molecule has 0 bridgehead atoms. The summed E-state index contributed by atoms with van der Waals surface area (Å²) in [5.74, 6) is 0.973. The van der Waals surface area contributed by atoms with Crippen LogP contribution in [0.4, 0.5) is 11.5 Å². The van der Waals surface area contributed by atoms with Gasteiger partial charge in [-0.3, -0.25) is 4.79 Å². The Morgan fingerprint density at radius 2 is 1.84 bits per heavy atom. The molecular formula is C25H26N6O. The van der Waals surface area contributed by atoms with Crippen LogP contribution in [0.3, 0.4) is 0 Å². The quantitative estimate of drug-likeness (QED) is 0.511. The molecule has 7 heteroatoms. The Balaban J connectivity index is 1.44. The first-order valence-corrected chi connectivity index (χ1v) is 10.9. The Kier molecular flexibility index (Phi) is 5.33. The second-order valence-corrected chi connectivity index (χ2v) is 8.12. The van der Waals surface area contributed by atoms with Crippen LogP contribution >= 0.6 is 0 Å². The Hall–Kier alpha value is -3.71. The Morgan fingerprint density at radius 3 is 2.53 bits per heavy atom. The fourth-order valence-electron chi connectivity index (χ4n) is 4.18. The number of fused-ring (bicyclic) bond motifs is 1. The van der Waals surface area contributed by atoms with Crippen LogP contribution in [0.25, 0.3) is 16.9 Å². The van der Waals surface area contributed by atoms with Crippen LogP contribution in [-0.2, 0) is 11.3 Å². The molecule has 1 aliphatic heterocycles. The summed E-state index contributed by atoms with van der Waals surface area (Å²) in [6, 6.07) is 22.3. The van der Waals surface area contributed by atoms with E-state index in [0.717, 1.165) is 41.5 Å². The van der Waals surface area contributed by atoms with Crippen molar-refractivity contribution in [2.75, 3.05) is 22.9 Å². The maximum absolute atomic E-state index is 12.2. The molecule has 162 valence electrons. The minimum absolute atomic E-state index is 0.0736. The van der Waals surface area contributed by atoms with Gasteiger partial charge in [0.2, 0.25) is 5.91 Å². The molecule has 2 N–H and O–H groups in total. The third-order valence-corrected chi connectivity index (χ3v) is 5.90. The molecule has 1 saturated heterocycles. The monoisotopic (exact) mass is 426 g/mol. The van der Waals surface area contributed by atoms with Gasteiger partial charge in [-0.25, -0.2) is 9.50 Å². The van der Waals surface area contributed by atoms with E-state index in [-0.39, 0.29) is 11.9 Å². The average Bonchev–Trinajstić information content (AvgIpc) is 3.40. The van der Waals surface area contributed by atoms with Crippen LogP contribution < -0.4 is 15.5 Å². The summed E-state index contributed by atoms with van der Waals surface area (Å²) < 4.78 is 1.88. The van der Waals surface area contributed by atoms with Crippen molar-refractivity contribution in [3.05, 3.63) is 78.5 Å². The number of benzene rings is 2. The van der Waals surface area contributed by atoms with E-state index in [9.17, 15) is 4.79 Å². The predicted molar refractivity (Wildman–Crippen MR) is 127 cm³/mol. The van der Waals surface area contributed by atoms with Gasteiger partial charge in [0.1, 0.15) is 5.82 Å². The molecule has 7 nitrogen and oxygen atoms in total. The van der Waals surface area contributed by atoms with Crippen LogP contribution in [-0.4, -0.2) is 39.6 Å². The fourth-order valence-corrected chi connectivity index (χ4v) is 4.18. The molecule has 4 aromatic rings. The standard InChI is InChI=1S/C25H26N6O/c1-2-29(16-18-6-4-3-5-7-18)24-13-12-23-27-15-22(31(23)28-24)19-8-10-21(11-9-19)30-17-20(26)14-25(30)32/h3-13,15,20H,2,14,16-17,26H2,1H3/t20-/m0/s1. The molecule has 3 heterocycles. The number of imidazole rings is 1. The van der Waals surface area contributed by atoms with Gasteiger partial charge < -0.3 is 15.5 Å². The third kappa shape index (κ3) is 3.83. The Labute approximate surface area is 187 Å². The second kappa shape index (κ2) is 8.43. The van der Waals surface area contributed by atoms with E-state index in [0.29, 0.717) is 13.0 Å². The Bertz CT molecular complexity index is 1230. The average molecular weight is 427 g/mol. The lowest BCUT2D eigenvalue weighted by molar-refractivity contribution is -0.117. The summed E-state index contributed by atoms with van der Waals surface area (Å²) in [6.07, 6.45) is 2.24. The molecule has 0 spiro atoms. The highest BCUT2D eigenvalue weighted by Crippen LogP contribution is 2.27. The fraction of sp³-hybridized carbons (Fsp3) is 0.240. The van der Waals surface area contributed by atoms with Crippen molar-refractivity contribution in [1.29, 1.82) is 0 Å². The SMILES string of the molecule is CCN(Cc1ccccc1)c1ccc2ncc(-c3ccc(N4C[C@@H](N)CC4=O)cc3)n2n1. The summed E-state index contributed by atoms with van der Waals surface area (Å²) in [4.78, 5) is 20.7. The van der Waals surface area contributed by atoms with Crippen LogP contribution in [0.1, 0.15) is 18.9 Å². The van der Waals surface area contributed by atoms with E-state index in [1.165, 1.54) is 5.56 Å². The molecule has 0 radical (unpaired) electrons. The topological polar surface area (TPSA) is 79.8 Å². The van der Waals surface area contributed by atoms with Gasteiger partial charge >= 0.3 is 0 Å². The number of nitrogens with zero attached hydrogens (tertiary/aromatic N) is 5. The maximum atomic E-state index is 12.2. The number of nitrogens with two attached hydrogens (primary N) is 1. The van der Waals surface area contributed by atoms with Crippen LogP contribution in [0.2, 0.25) is 0 Å². The molecule has 2 aromatic heterocycles. The van der Waals surface area contributed by atoms with Crippen molar-refractivity contribution in [1.82, 2.24) is 14.6 Å². The highest BCUT2D eigenvalue weighted by molar-refractivity contribution is 5.96. The van der Waals surface area contributed by atoms with Crippen LogP contribution in [0, 0.1) is 0 Å². The zero-order valence-corrected chi connectivity index (χ0v) is 18.1. The first kappa shape index (κ1) is 20.2. The first-order chi connectivity index (χ1) is 15.6. The molecule has 0 unspecified atom stereocenters. The van der Waals surface area contributed by atoms with E-state index < -0.39 is 0 Å². The number of aromatic nitrogens is 3. The summed E-state index contributed by atoms with van der Waals surface area (Å²) in [5, 5.41) is 4.90. The van der Waals surface area contributed by atoms with E-state index in [4.69, 9.17) is 10.8 Å². The van der Waals surface area contributed by atoms with E-state index in [1.54, 1.807) is 4.90 Å². The van der Waals surface area contributed by atoms with Crippen LogP contribution in [0.5, 0.6) is 0 Å². The third-order valence-electron chi connectivity index (χ3n) is 5.90. The molecular weight excluding hydrogens is 400 g/mol. The van der Waals surface area contributed by atoms with Crippen molar-refractivity contribution >= 4 is 23.1 Å². The zero-order chi connectivity index (χ0) is 22.1. The lowest BCUT2D eigenvalue weighted by Crippen LogP contribution is -2.27. The minimum Gasteiger partial charge on any atom is -0.351 e. The van der Waals surface area contributed by atoms with Crippen molar-refractivity contribution in [2.45, 2.75) is 25.9 Å². The van der Waals surface area contributed by atoms with Crippen molar-refractivity contribution in [2.24, 2.45) is 5.73 Å². The van der Waals surface area contributed by atoms with Gasteiger partial charge in [0.05, 0.1) is 11.9 Å². The van der Waals surface area contributed by atoms with Crippen molar-refractivity contribution < 1.29 is 4.79 Å². The second-order valence-electron chi connectivity index (χ2n) is 8.12. The zero-order valence-electron chi connectivity index (χ0n) is 18.1. The molecule has 0 saturated carbocycles. The number of carbonyl (C=O) groups excluding carboxylic acids is 1. The smallest absolute Gasteiger partial charge is 0.228 e. The molecule has 2 aromatic carbocycles. The lowest BCUT2D eigenvalue weighted by Gasteiger charge is -2.22. The summed E-state index contributed by atoms with van der Waals surface area (Å²) in [6.45, 7) is 4.33. The van der Waals surface area contributed by atoms with Gasteiger partial charge in [-0.15, -0.1) is 5.10 Å². The number of rotatable bonds is 6. The number of hydrogen-bond donors (Lipinski definition) is 1. The van der Waals surface area contributed by atoms with Crippen molar-refractivity contribution in [3.63, 3.8) is 0 Å². The van der Waals surface area contributed by atoms with Crippen molar-refractivity contribution in [3.8, 4) is 11.3 Å². The number of anilines is 2. The predicted octanol–water partition coefficient (Wildman–Crippen LogP) is 3.49. The summed E-state index contributed by atoms with van der Waals surface area (Å²) >= 11 is 0. The molecule has 1 fully saturated rings. The molecule has 32 heavy (non-hydrogen) atoms. The maximum Gasteiger partial charge on any atom is 0.228 e. The lowest BCUT2D eigenvalue weighted by atomic mass is 10.1. The van der Waals surface area contributed by atoms with E-state index in [1.807, 2.05) is 53.2 Å². The van der Waals surface area contributed by atoms with Gasteiger partial charge in [0.25, 0.3) is 0 Å². The molecule has 1 atom stereocenters. The normalized spacial score (nSPS) is 16.1. The Morgan fingerprint density at radius 1 is 1.06 bits per heavy atom. The largest absolute Gasteiger partial charge is 0.351 e. The van der Waals surface area contributed by atoms with Gasteiger partial charge in [-0.05, 0) is 36.8 Å². The number of hydrogen-bond acceptors (Lipinski definition) is 5. The summed E-state index contributed by atoms with van der Waals surface area (Å²) in [7, 11) is 0. The number of amides is 1. The molecule has 1 amide bonds.